The molecule has 4 aromatic carbocycles. The topological polar surface area (TPSA) is 101 Å². The van der Waals surface area contributed by atoms with Gasteiger partial charge in [0.05, 0.1) is 22.0 Å². The second-order valence-corrected chi connectivity index (χ2v) is 11.6. The third-order valence-electron chi connectivity index (χ3n) is 5.48. The molecule has 4 aromatic rings. The molecule has 4 rings (SSSR count). The van der Waals surface area contributed by atoms with Gasteiger partial charge < -0.3 is 0 Å². The van der Waals surface area contributed by atoms with E-state index in [1.165, 1.54) is 40.7 Å². The van der Waals surface area contributed by atoms with Crippen molar-refractivity contribution in [3.63, 3.8) is 0 Å². The lowest BCUT2D eigenvalue weighted by Crippen LogP contribution is -2.31. The molecule has 0 aromatic heterocycles. The van der Waals surface area contributed by atoms with Gasteiger partial charge >= 0.3 is 0 Å². The molecule has 0 bridgehead atoms. The minimum Gasteiger partial charge on any atom is -0.268 e. The molecule has 7 nitrogen and oxygen atoms in total. The highest BCUT2D eigenvalue weighted by molar-refractivity contribution is 7.92. The van der Waals surface area contributed by atoms with Crippen LogP contribution in [-0.4, -0.2) is 22.7 Å². The van der Waals surface area contributed by atoms with E-state index in [-0.39, 0.29) is 21.9 Å². The Balaban J connectivity index is 1.64. The molecule has 1 N–H and O–H groups in total. The number of rotatable bonds is 8. The normalized spacial score (nSPS) is 11.6. The van der Waals surface area contributed by atoms with Crippen LogP contribution in [0.3, 0.4) is 0 Å². The van der Waals surface area contributed by atoms with Crippen LogP contribution >= 0.6 is 0 Å². The molecule has 36 heavy (non-hydrogen) atoms. The molecule has 0 fully saturated rings. The molecule has 0 saturated carbocycles. The quantitative estimate of drug-likeness (QED) is 0.368. The molecule has 0 heterocycles. The average Bonchev–Trinajstić information content (AvgIpc) is 2.88. The fourth-order valence-corrected chi connectivity index (χ4v) is 5.97. The van der Waals surface area contributed by atoms with Crippen molar-refractivity contribution in [3.8, 4) is 0 Å². The van der Waals surface area contributed by atoms with Gasteiger partial charge in [0.2, 0.25) is 0 Å². The van der Waals surface area contributed by atoms with Crippen molar-refractivity contribution in [2.75, 3.05) is 4.31 Å². The van der Waals surface area contributed by atoms with Gasteiger partial charge in [-0.15, -0.1) is 0 Å². The van der Waals surface area contributed by atoms with Gasteiger partial charge in [-0.2, -0.15) is 0 Å². The van der Waals surface area contributed by atoms with Crippen molar-refractivity contribution in [1.29, 1.82) is 0 Å². The molecule has 0 unspecified atom stereocenters. The van der Waals surface area contributed by atoms with Crippen molar-refractivity contribution in [1.82, 2.24) is 4.72 Å². The molecule has 1 amide bonds. The maximum Gasteiger partial charge on any atom is 0.264 e. The zero-order chi connectivity index (χ0) is 25.8. The van der Waals surface area contributed by atoms with Crippen LogP contribution in [0.2, 0.25) is 0 Å². The summed E-state index contributed by atoms with van der Waals surface area (Å²) in [6.45, 7) is 1.95. The van der Waals surface area contributed by atoms with E-state index in [1.54, 1.807) is 42.5 Å². The summed E-state index contributed by atoms with van der Waals surface area (Å²) in [4.78, 5) is 12.7. The SMILES string of the molecule is Cc1ccc(S(=O)(=O)N(Cc2ccccc2)c2ccc(C(=O)NS(=O)(=O)c3ccccc3)cc2)cc1. The summed E-state index contributed by atoms with van der Waals surface area (Å²) in [7, 11) is -7.97. The fraction of sp³-hybridized carbons (Fsp3) is 0.0741. The van der Waals surface area contributed by atoms with Crippen molar-refractivity contribution >= 4 is 31.6 Å². The maximum atomic E-state index is 13.6. The Morgan fingerprint density at radius 1 is 0.694 bits per heavy atom. The zero-order valence-corrected chi connectivity index (χ0v) is 21.0. The Bertz CT molecular complexity index is 1550. The van der Waals surface area contributed by atoms with Gasteiger partial charge in [0.25, 0.3) is 26.0 Å². The molecule has 9 heteroatoms. The highest BCUT2D eigenvalue weighted by atomic mass is 32.2. The van der Waals surface area contributed by atoms with Crippen LogP contribution in [0.15, 0.2) is 119 Å². The number of hydrogen-bond acceptors (Lipinski definition) is 5. The van der Waals surface area contributed by atoms with E-state index in [0.717, 1.165) is 11.1 Å². The van der Waals surface area contributed by atoms with Gasteiger partial charge in [-0.05, 0) is 61.0 Å². The molecular weight excluding hydrogens is 496 g/mol. The van der Waals surface area contributed by atoms with Gasteiger partial charge in [0, 0.05) is 5.56 Å². The van der Waals surface area contributed by atoms with E-state index in [1.807, 2.05) is 42.0 Å². The number of anilines is 1. The smallest absolute Gasteiger partial charge is 0.264 e. The van der Waals surface area contributed by atoms with E-state index >= 15 is 0 Å². The molecule has 0 saturated heterocycles. The number of aryl methyl sites for hydroxylation is 1. The molecular formula is C27H24N2O5S2. The number of carbonyl (C=O) groups is 1. The van der Waals surface area contributed by atoms with Gasteiger partial charge in [0.15, 0.2) is 0 Å². The first-order valence-electron chi connectivity index (χ1n) is 11.0. The summed E-state index contributed by atoms with van der Waals surface area (Å²) in [5.41, 5.74) is 2.13. The van der Waals surface area contributed by atoms with Crippen molar-refractivity contribution < 1.29 is 21.6 Å². The molecule has 0 aliphatic heterocycles. The number of nitrogens with zero attached hydrogens (tertiary/aromatic N) is 1. The molecule has 0 aliphatic carbocycles. The number of carbonyl (C=O) groups excluding carboxylic acids is 1. The zero-order valence-electron chi connectivity index (χ0n) is 19.4. The van der Waals surface area contributed by atoms with Gasteiger partial charge in [0.1, 0.15) is 0 Å². The van der Waals surface area contributed by atoms with Crippen LogP contribution in [0.4, 0.5) is 5.69 Å². The third-order valence-corrected chi connectivity index (χ3v) is 8.61. The third kappa shape index (κ3) is 5.64. The highest BCUT2D eigenvalue weighted by Crippen LogP contribution is 2.27. The monoisotopic (exact) mass is 520 g/mol. The summed E-state index contributed by atoms with van der Waals surface area (Å²) in [5, 5.41) is 0. The number of nitrogens with one attached hydrogen (secondary N) is 1. The minimum atomic E-state index is -4.04. The van der Waals surface area contributed by atoms with E-state index in [4.69, 9.17) is 0 Å². The Hall–Kier alpha value is -3.95. The molecule has 0 aliphatic rings. The van der Waals surface area contributed by atoms with Gasteiger partial charge in [-0.3, -0.25) is 9.10 Å². The second kappa shape index (κ2) is 10.3. The first-order valence-corrected chi connectivity index (χ1v) is 13.9. The minimum absolute atomic E-state index is 0.0341. The second-order valence-electron chi connectivity index (χ2n) is 8.10. The first kappa shape index (κ1) is 25.2. The Morgan fingerprint density at radius 2 is 1.25 bits per heavy atom. The van der Waals surface area contributed by atoms with E-state index in [9.17, 15) is 21.6 Å². The summed E-state index contributed by atoms with van der Waals surface area (Å²) in [6, 6.07) is 29.0. The highest BCUT2D eigenvalue weighted by Gasteiger charge is 2.26. The Labute approximate surface area is 211 Å². The van der Waals surface area contributed by atoms with Gasteiger partial charge in [-0.25, -0.2) is 21.6 Å². The van der Waals surface area contributed by atoms with E-state index in [0.29, 0.717) is 5.69 Å². The van der Waals surface area contributed by atoms with Crippen molar-refractivity contribution in [3.05, 3.63) is 126 Å². The van der Waals surface area contributed by atoms with Crippen LogP contribution < -0.4 is 9.03 Å². The van der Waals surface area contributed by atoms with Crippen LogP contribution in [0, 0.1) is 6.92 Å². The van der Waals surface area contributed by atoms with Crippen LogP contribution in [0.5, 0.6) is 0 Å². The van der Waals surface area contributed by atoms with Gasteiger partial charge in [-0.1, -0.05) is 66.2 Å². The molecule has 0 atom stereocenters. The summed E-state index contributed by atoms with van der Waals surface area (Å²) < 4.78 is 55.4. The Kier molecular flexibility index (Phi) is 7.23. The first-order chi connectivity index (χ1) is 17.2. The number of benzene rings is 4. The lowest BCUT2D eigenvalue weighted by molar-refractivity contribution is 0.0981. The average molecular weight is 521 g/mol. The summed E-state index contributed by atoms with van der Waals surface area (Å²) in [6.07, 6.45) is 0. The lowest BCUT2D eigenvalue weighted by atomic mass is 10.2. The number of hydrogen-bond donors (Lipinski definition) is 1. The molecule has 184 valence electrons. The van der Waals surface area contributed by atoms with E-state index in [2.05, 4.69) is 0 Å². The summed E-state index contributed by atoms with van der Waals surface area (Å²) in [5.74, 6) is -0.818. The lowest BCUT2D eigenvalue weighted by Gasteiger charge is -2.25. The van der Waals surface area contributed by atoms with E-state index < -0.39 is 26.0 Å². The van der Waals surface area contributed by atoms with Crippen LogP contribution in [0.25, 0.3) is 0 Å². The standard InChI is InChI=1S/C27H24N2O5S2/c1-21-12-18-26(19-13-21)36(33,34)29(20-22-8-4-2-5-9-22)24-16-14-23(15-17-24)27(30)28-35(31,32)25-10-6-3-7-11-25/h2-19H,20H2,1H3,(H,28,30). The molecule has 0 radical (unpaired) electrons. The summed E-state index contributed by atoms with van der Waals surface area (Å²) >= 11 is 0. The number of sulfonamides is 2. The Morgan fingerprint density at radius 3 is 1.83 bits per heavy atom. The van der Waals surface area contributed by atoms with Crippen LogP contribution in [0.1, 0.15) is 21.5 Å². The predicted molar refractivity (Wildman–Crippen MR) is 139 cm³/mol. The largest absolute Gasteiger partial charge is 0.268 e. The fourth-order valence-electron chi connectivity index (χ4n) is 3.52. The van der Waals surface area contributed by atoms with Crippen molar-refractivity contribution in [2.45, 2.75) is 23.3 Å². The predicted octanol–water partition coefficient (Wildman–Crippen LogP) is 4.51. The number of amides is 1. The molecule has 0 spiro atoms. The maximum absolute atomic E-state index is 13.6. The van der Waals surface area contributed by atoms with Crippen molar-refractivity contribution in [2.24, 2.45) is 0 Å². The van der Waals surface area contributed by atoms with Crippen LogP contribution in [-0.2, 0) is 26.6 Å².